The van der Waals surface area contributed by atoms with Crippen LogP contribution in [0.25, 0.3) is 0 Å². The molecule has 1 aromatic carbocycles. The summed E-state index contributed by atoms with van der Waals surface area (Å²) in [5.41, 5.74) is 1.47. The number of rotatable bonds is 3. The molecule has 3 rings (SSSR count). The van der Waals surface area contributed by atoms with Crippen LogP contribution in [0.15, 0.2) is 24.3 Å². The van der Waals surface area contributed by atoms with E-state index < -0.39 is 5.60 Å². The molecule has 2 N–H and O–H groups in total. The van der Waals surface area contributed by atoms with Gasteiger partial charge in [0, 0.05) is 37.4 Å². The quantitative estimate of drug-likeness (QED) is 0.869. The molecule has 1 aliphatic carbocycles. The molecule has 2 aliphatic rings. The van der Waals surface area contributed by atoms with Crippen molar-refractivity contribution in [2.75, 3.05) is 25.5 Å². The third kappa shape index (κ3) is 4.11. The van der Waals surface area contributed by atoms with E-state index in [-0.39, 0.29) is 17.4 Å². The zero-order valence-corrected chi connectivity index (χ0v) is 16.1. The van der Waals surface area contributed by atoms with E-state index >= 15 is 0 Å². The van der Waals surface area contributed by atoms with Gasteiger partial charge in [0.25, 0.3) is 5.91 Å². The molecule has 1 saturated carbocycles. The molecule has 0 radical (unpaired) electrons. The molecule has 0 unspecified atom stereocenters. The highest BCUT2D eigenvalue weighted by atomic mass is 16.6. The normalized spacial score (nSPS) is 24.9. The summed E-state index contributed by atoms with van der Waals surface area (Å²) < 4.78 is 5.48. The van der Waals surface area contributed by atoms with E-state index in [1.54, 1.807) is 7.05 Å². The molecule has 1 spiro atoms. The third-order valence-corrected chi connectivity index (χ3v) is 5.19. The number of nitrogens with one attached hydrogen (secondary N) is 2. The maximum Gasteiger partial charge on any atom is 0.410 e. The minimum Gasteiger partial charge on any atom is -0.444 e. The maximum absolute atomic E-state index is 12.2. The molecule has 1 saturated heterocycles. The summed E-state index contributed by atoms with van der Waals surface area (Å²) in [6.07, 6.45) is 2.96. The number of ether oxygens (including phenoxy) is 1. The van der Waals surface area contributed by atoms with E-state index in [2.05, 4.69) is 10.6 Å². The first kappa shape index (κ1) is 18.5. The number of hydrogen-bond donors (Lipinski definition) is 2. The van der Waals surface area contributed by atoms with Crippen LogP contribution in [0.3, 0.4) is 0 Å². The van der Waals surface area contributed by atoms with Gasteiger partial charge in [0.2, 0.25) is 0 Å². The highest BCUT2D eigenvalue weighted by molar-refractivity contribution is 5.94. The van der Waals surface area contributed by atoms with E-state index in [4.69, 9.17) is 4.74 Å². The Hall–Kier alpha value is -2.24. The van der Waals surface area contributed by atoms with Crippen LogP contribution in [0.5, 0.6) is 0 Å². The number of carbonyl (C=O) groups is 2. The Balaban J connectivity index is 1.48. The summed E-state index contributed by atoms with van der Waals surface area (Å²) in [6.45, 7) is 7.26. The summed E-state index contributed by atoms with van der Waals surface area (Å²) in [7, 11) is 1.63. The lowest BCUT2D eigenvalue weighted by atomic mass is 9.65. The van der Waals surface area contributed by atoms with Gasteiger partial charge in [-0.25, -0.2) is 4.79 Å². The molecule has 1 aliphatic heterocycles. The smallest absolute Gasteiger partial charge is 0.410 e. The second kappa shape index (κ2) is 6.82. The average molecular weight is 359 g/mol. The van der Waals surface area contributed by atoms with Crippen LogP contribution in [-0.2, 0) is 4.74 Å². The van der Waals surface area contributed by atoms with Crippen molar-refractivity contribution in [3.8, 4) is 0 Å². The van der Waals surface area contributed by atoms with Crippen molar-refractivity contribution in [2.24, 2.45) is 5.41 Å². The van der Waals surface area contributed by atoms with Crippen molar-refractivity contribution in [1.82, 2.24) is 10.2 Å². The molecular weight excluding hydrogens is 330 g/mol. The summed E-state index contributed by atoms with van der Waals surface area (Å²) >= 11 is 0. The second-order valence-electron chi connectivity index (χ2n) is 8.56. The minimum atomic E-state index is -0.447. The molecule has 142 valence electrons. The van der Waals surface area contributed by atoms with E-state index in [9.17, 15) is 9.59 Å². The van der Waals surface area contributed by atoms with E-state index in [0.29, 0.717) is 11.6 Å². The van der Waals surface area contributed by atoms with E-state index in [1.807, 2.05) is 49.9 Å². The molecule has 0 aromatic heterocycles. The molecule has 2 amide bonds. The van der Waals surface area contributed by atoms with E-state index in [0.717, 1.165) is 38.0 Å². The Kier molecular flexibility index (Phi) is 4.86. The monoisotopic (exact) mass is 359 g/mol. The van der Waals surface area contributed by atoms with Crippen LogP contribution in [0.2, 0.25) is 0 Å². The van der Waals surface area contributed by atoms with Gasteiger partial charge in [0.1, 0.15) is 5.60 Å². The van der Waals surface area contributed by atoms with Crippen molar-refractivity contribution in [2.45, 2.75) is 51.7 Å². The fourth-order valence-electron chi connectivity index (χ4n) is 3.94. The predicted octanol–water partition coefficient (Wildman–Crippen LogP) is 3.25. The Morgan fingerprint density at radius 2 is 1.85 bits per heavy atom. The molecule has 26 heavy (non-hydrogen) atoms. The Morgan fingerprint density at radius 1 is 1.19 bits per heavy atom. The van der Waals surface area contributed by atoms with Crippen molar-refractivity contribution in [3.63, 3.8) is 0 Å². The number of amides is 2. The summed E-state index contributed by atoms with van der Waals surface area (Å²) in [5, 5.41) is 6.15. The van der Waals surface area contributed by atoms with Crippen molar-refractivity contribution < 1.29 is 14.3 Å². The first-order valence-corrected chi connectivity index (χ1v) is 9.26. The number of nitrogens with zero attached hydrogens (tertiary/aromatic N) is 1. The Morgan fingerprint density at radius 3 is 2.42 bits per heavy atom. The molecule has 0 bridgehead atoms. The summed E-state index contributed by atoms with van der Waals surface area (Å²) in [4.78, 5) is 25.7. The van der Waals surface area contributed by atoms with Crippen LogP contribution in [0.4, 0.5) is 10.5 Å². The number of benzene rings is 1. The van der Waals surface area contributed by atoms with Gasteiger partial charge in [-0.05, 0) is 69.7 Å². The van der Waals surface area contributed by atoms with Crippen LogP contribution in [0, 0.1) is 5.41 Å². The summed E-state index contributed by atoms with van der Waals surface area (Å²) in [5.74, 6) is -0.0765. The topological polar surface area (TPSA) is 70.7 Å². The molecule has 6 heteroatoms. The number of carbonyl (C=O) groups excluding carboxylic acids is 2. The first-order valence-electron chi connectivity index (χ1n) is 9.26. The predicted molar refractivity (Wildman–Crippen MR) is 101 cm³/mol. The average Bonchev–Trinajstić information content (AvgIpc) is 2.98. The summed E-state index contributed by atoms with van der Waals surface area (Å²) in [6, 6.07) is 7.96. The fraction of sp³-hybridized carbons (Fsp3) is 0.600. The second-order valence-corrected chi connectivity index (χ2v) is 8.56. The standard InChI is InChI=1S/C20H29N3O3/c1-19(2,3)26-18(25)23-10-9-20(13-23)11-16(12-20)22-15-7-5-14(6-8-15)17(24)21-4/h5-8,16,22H,9-13H2,1-4H3,(H,21,24). The van der Waals surface area contributed by atoms with Crippen LogP contribution < -0.4 is 10.6 Å². The zero-order chi connectivity index (χ0) is 18.9. The van der Waals surface area contributed by atoms with E-state index in [1.165, 1.54) is 0 Å². The lowest BCUT2D eigenvalue weighted by Gasteiger charge is -2.45. The lowest BCUT2D eigenvalue weighted by molar-refractivity contribution is 0.0237. The molecule has 1 heterocycles. The van der Waals surface area contributed by atoms with Gasteiger partial charge < -0.3 is 20.3 Å². The van der Waals surface area contributed by atoms with Gasteiger partial charge in [-0.15, -0.1) is 0 Å². The van der Waals surface area contributed by atoms with Gasteiger partial charge in [0.15, 0.2) is 0 Å². The Bertz CT molecular complexity index is 673. The molecule has 0 atom stereocenters. The highest BCUT2D eigenvalue weighted by Crippen LogP contribution is 2.49. The van der Waals surface area contributed by atoms with Gasteiger partial charge in [0.05, 0.1) is 0 Å². The van der Waals surface area contributed by atoms with Gasteiger partial charge in [-0.1, -0.05) is 0 Å². The first-order chi connectivity index (χ1) is 12.2. The maximum atomic E-state index is 12.2. The largest absolute Gasteiger partial charge is 0.444 e. The van der Waals surface area contributed by atoms with Crippen molar-refractivity contribution in [1.29, 1.82) is 0 Å². The van der Waals surface area contributed by atoms with Gasteiger partial charge in [-0.2, -0.15) is 0 Å². The third-order valence-electron chi connectivity index (χ3n) is 5.19. The zero-order valence-electron chi connectivity index (χ0n) is 16.1. The number of anilines is 1. The Labute approximate surface area is 155 Å². The van der Waals surface area contributed by atoms with Crippen LogP contribution >= 0.6 is 0 Å². The fourth-order valence-corrected chi connectivity index (χ4v) is 3.94. The van der Waals surface area contributed by atoms with Gasteiger partial charge in [-0.3, -0.25) is 4.79 Å². The number of hydrogen-bond acceptors (Lipinski definition) is 4. The molecule has 2 fully saturated rings. The molecular formula is C20H29N3O3. The van der Waals surface area contributed by atoms with Gasteiger partial charge >= 0.3 is 6.09 Å². The molecule has 1 aromatic rings. The highest BCUT2D eigenvalue weighted by Gasteiger charge is 2.50. The van der Waals surface area contributed by atoms with Crippen LogP contribution in [-0.4, -0.2) is 48.7 Å². The van der Waals surface area contributed by atoms with Crippen molar-refractivity contribution >= 4 is 17.7 Å². The lowest BCUT2D eigenvalue weighted by Crippen LogP contribution is -2.47. The minimum absolute atomic E-state index is 0.0765. The number of likely N-dealkylation sites (tertiary alicyclic amines) is 1. The van der Waals surface area contributed by atoms with Crippen LogP contribution in [0.1, 0.15) is 50.4 Å². The van der Waals surface area contributed by atoms with Crippen molar-refractivity contribution in [3.05, 3.63) is 29.8 Å². The molecule has 6 nitrogen and oxygen atoms in total. The SMILES string of the molecule is CNC(=O)c1ccc(NC2CC3(CCN(C(=O)OC(C)(C)C)C3)C2)cc1.